The van der Waals surface area contributed by atoms with Gasteiger partial charge < -0.3 is 4.74 Å². The van der Waals surface area contributed by atoms with E-state index in [1.807, 2.05) is 24.3 Å². The molecule has 0 bridgehead atoms. The first-order valence-electron chi connectivity index (χ1n) is 5.59. The van der Waals surface area contributed by atoms with Gasteiger partial charge in [-0.1, -0.05) is 52.0 Å². The number of thiocarbonyl (C=S) groups is 1. The molecular formula is C13H10BrNO3S2. The fourth-order valence-electron chi connectivity index (χ4n) is 1.54. The number of methoxy groups -OCH3 is 1. The number of carbonyl (C=O) groups excluding carboxylic acids is 2. The number of nitrogens with zero attached hydrogens (tertiary/aromatic N) is 1. The van der Waals surface area contributed by atoms with Gasteiger partial charge >= 0.3 is 5.97 Å². The molecular weight excluding hydrogens is 362 g/mol. The predicted octanol–water partition coefficient (Wildman–Crippen LogP) is 2.82. The predicted molar refractivity (Wildman–Crippen MR) is 86.0 cm³/mol. The van der Waals surface area contributed by atoms with E-state index < -0.39 is 5.97 Å². The fraction of sp³-hybridized carbons (Fsp3) is 0.154. The average Bonchev–Trinajstić information content (AvgIpc) is 2.69. The summed E-state index contributed by atoms with van der Waals surface area (Å²) in [6, 6.07) is 7.55. The van der Waals surface area contributed by atoms with Gasteiger partial charge in [-0.05, 0) is 23.8 Å². The molecule has 0 saturated carbocycles. The number of amides is 1. The molecule has 1 aromatic rings. The third-order valence-corrected chi connectivity index (χ3v) is 4.46. The van der Waals surface area contributed by atoms with Crippen molar-refractivity contribution in [1.29, 1.82) is 0 Å². The maximum absolute atomic E-state index is 12.2. The van der Waals surface area contributed by atoms with E-state index in [-0.39, 0.29) is 12.5 Å². The highest BCUT2D eigenvalue weighted by molar-refractivity contribution is 9.10. The van der Waals surface area contributed by atoms with E-state index in [1.54, 1.807) is 6.08 Å². The van der Waals surface area contributed by atoms with Crippen LogP contribution in [-0.2, 0) is 14.3 Å². The van der Waals surface area contributed by atoms with Crippen LogP contribution in [0, 0.1) is 0 Å². The van der Waals surface area contributed by atoms with Gasteiger partial charge in [-0.15, -0.1) is 0 Å². The number of esters is 1. The summed E-state index contributed by atoms with van der Waals surface area (Å²) in [6.45, 7) is -0.154. The molecule has 1 heterocycles. The Bertz CT molecular complexity index is 598. The van der Waals surface area contributed by atoms with Crippen molar-refractivity contribution in [2.75, 3.05) is 13.7 Å². The number of benzene rings is 1. The van der Waals surface area contributed by atoms with E-state index in [1.165, 1.54) is 23.8 Å². The van der Waals surface area contributed by atoms with Crippen molar-refractivity contribution in [2.45, 2.75) is 0 Å². The lowest BCUT2D eigenvalue weighted by molar-refractivity contribution is -0.143. The van der Waals surface area contributed by atoms with Gasteiger partial charge in [0.2, 0.25) is 0 Å². The van der Waals surface area contributed by atoms with E-state index in [2.05, 4.69) is 20.7 Å². The van der Waals surface area contributed by atoms with Crippen LogP contribution < -0.4 is 0 Å². The Labute approximate surface area is 134 Å². The van der Waals surface area contributed by atoms with Crippen molar-refractivity contribution < 1.29 is 14.3 Å². The minimum Gasteiger partial charge on any atom is -0.468 e. The molecule has 1 fully saturated rings. The Hall–Kier alpha value is -1.18. The third-order valence-electron chi connectivity index (χ3n) is 2.56. The summed E-state index contributed by atoms with van der Waals surface area (Å²) in [5.41, 5.74) is 0.895. The third kappa shape index (κ3) is 3.47. The molecule has 7 heteroatoms. The van der Waals surface area contributed by atoms with Crippen molar-refractivity contribution >= 4 is 62.2 Å². The van der Waals surface area contributed by atoms with E-state index in [0.717, 1.165) is 10.0 Å². The van der Waals surface area contributed by atoms with Crippen molar-refractivity contribution in [3.05, 3.63) is 39.2 Å². The molecule has 2 rings (SSSR count). The van der Waals surface area contributed by atoms with Crippen LogP contribution in [0.2, 0.25) is 0 Å². The van der Waals surface area contributed by atoms with Gasteiger partial charge in [-0.3, -0.25) is 14.5 Å². The standard InChI is InChI=1S/C13H10BrNO3S2/c1-18-11(16)7-15-12(17)10(20-13(15)19)6-8-2-4-9(14)5-3-8/h2-6H,7H2,1H3/b10-6-. The van der Waals surface area contributed by atoms with Crippen LogP contribution in [0.15, 0.2) is 33.6 Å². The van der Waals surface area contributed by atoms with Crippen molar-refractivity contribution in [3.63, 3.8) is 0 Å². The highest BCUT2D eigenvalue weighted by atomic mass is 79.9. The van der Waals surface area contributed by atoms with Gasteiger partial charge in [0.05, 0.1) is 12.0 Å². The maximum atomic E-state index is 12.2. The summed E-state index contributed by atoms with van der Waals surface area (Å²) in [4.78, 5) is 25.2. The van der Waals surface area contributed by atoms with Crippen LogP contribution in [0.25, 0.3) is 6.08 Å². The van der Waals surface area contributed by atoms with Crippen molar-refractivity contribution in [3.8, 4) is 0 Å². The number of thioether (sulfide) groups is 1. The van der Waals surface area contributed by atoms with Gasteiger partial charge in [0.15, 0.2) is 0 Å². The summed E-state index contributed by atoms with van der Waals surface area (Å²) in [6.07, 6.45) is 1.75. The molecule has 0 N–H and O–H groups in total. The van der Waals surface area contributed by atoms with Crippen LogP contribution in [-0.4, -0.2) is 34.8 Å². The number of rotatable bonds is 3. The van der Waals surface area contributed by atoms with E-state index >= 15 is 0 Å². The number of ether oxygens (including phenoxy) is 1. The summed E-state index contributed by atoms with van der Waals surface area (Å²) in [5, 5.41) is 0. The Morgan fingerprint density at radius 1 is 1.45 bits per heavy atom. The zero-order chi connectivity index (χ0) is 14.7. The average molecular weight is 372 g/mol. The van der Waals surface area contributed by atoms with Crippen molar-refractivity contribution in [2.24, 2.45) is 0 Å². The fourth-order valence-corrected chi connectivity index (χ4v) is 3.06. The van der Waals surface area contributed by atoms with E-state index in [9.17, 15) is 9.59 Å². The molecule has 1 aliphatic rings. The molecule has 1 saturated heterocycles. The van der Waals surface area contributed by atoms with Crippen LogP contribution in [0.4, 0.5) is 0 Å². The lowest BCUT2D eigenvalue weighted by atomic mass is 10.2. The second kappa shape index (κ2) is 6.51. The normalized spacial score (nSPS) is 16.9. The monoisotopic (exact) mass is 371 g/mol. The molecule has 0 aliphatic carbocycles. The molecule has 0 spiro atoms. The van der Waals surface area contributed by atoms with Crippen LogP contribution >= 0.6 is 39.9 Å². The van der Waals surface area contributed by atoms with Crippen LogP contribution in [0.5, 0.6) is 0 Å². The summed E-state index contributed by atoms with van der Waals surface area (Å²) in [7, 11) is 1.28. The van der Waals surface area contributed by atoms with Gasteiger partial charge in [-0.25, -0.2) is 0 Å². The second-order valence-electron chi connectivity index (χ2n) is 3.90. The summed E-state index contributed by atoms with van der Waals surface area (Å²) >= 11 is 9.64. The van der Waals surface area contributed by atoms with Crippen LogP contribution in [0.3, 0.4) is 0 Å². The number of hydrogen-bond donors (Lipinski definition) is 0. The molecule has 0 radical (unpaired) electrons. The Morgan fingerprint density at radius 3 is 2.70 bits per heavy atom. The zero-order valence-electron chi connectivity index (χ0n) is 10.5. The van der Waals surface area contributed by atoms with Gasteiger partial charge in [-0.2, -0.15) is 0 Å². The Balaban J connectivity index is 2.19. The number of hydrogen-bond acceptors (Lipinski definition) is 5. The number of carbonyl (C=O) groups is 2. The Morgan fingerprint density at radius 2 is 2.10 bits per heavy atom. The Kier molecular flexibility index (Phi) is 4.95. The topological polar surface area (TPSA) is 46.6 Å². The largest absolute Gasteiger partial charge is 0.468 e. The molecule has 0 atom stereocenters. The first-order chi connectivity index (χ1) is 9.51. The first-order valence-corrected chi connectivity index (χ1v) is 7.61. The quantitative estimate of drug-likeness (QED) is 0.464. The van der Waals surface area contributed by atoms with E-state index in [4.69, 9.17) is 12.2 Å². The minimum atomic E-state index is -0.494. The lowest BCUT2D eigenvalue weighted by Gasteiger charge is -2.11. The molecule has 0 unspecified atom stereocenters. The number of halogens is 1. The highest BCUT2D eigenvalue weighted by Gasteiger charge is 2.33. The SMILES string of the molecule is COC(=O)CN1C(=O)/C(=C/c2ccc(Br)cc2)SC1=S. The molecule has 1 aromatic carbocycles. The molecule has 20 heavy (non-hydrogen) atoms. The van der Waals surface area contributed by atoms with Gasteiger partial charge in [0.25, 0.3) is 5.91 Å². The van der Waals surface area contributed by atoms with Crippen LogP contribution in [0.1, 0.15) is 5.56 Å². The summed E-state index contributed by atoms with van der Waals surface area (Å²) in [5.74, 6) is -0.764. The molecule has 1 aliphatic heterocycles. The second-order valence-corrected chi connectivity index (χ2v) is 6.49. The lowest BCUT2D eigenvalue weighted by Crippen LogP contribution is -2.33. The van der Waals surface area contributed by atoms with Gasteiger partial charge in [0, 0.05) is 4.47 Å². The van der Waals surface area contributed by atoms with Gasteiger partial charge in [0.1, 0.15) is 10.9 Å². The molecule has 104 valence electrons. The maximum Gasteiger partial charge on any atom is 0.325 e. The van der Waals surface area contributed by atoms with E-state index in [0.29, 0.717) is 9.23 Å². The minimum absolute atomic E-state index is 0.154. The zero-order valence-corrected chi connectivity index (χ0v) is 13.7. The molecule has 1 amide bonds. The summed E-state index contributed by atoms with van der Waals surface area (Å²) < 4.78 is 5.88. The smallest absolute Gasteiger partial charge is 0.325 e. The molecule has 0 aromatic heterocycles. The molecule has 4 nitrogen and oxygen atoms in total. The first kappa shape index (κ1) is 15.2. The van der Waals surface area contributed by atoms with Crippen molar-refractivity contribution in [1.82, 2.24) is 4.90 Å². The highest BCUT2D eigenvalue weighted by Crippen LogP contribution is 2.32.